The van der Waals surface area contributed by atoms with Crippen molar-refractivity contribution in [2.75, 3.05) is 5.88 Å². The molecular weight excluding hydrogens is 265 g/mol. The summed E-state index contributed by atoms with van der Waals surface area (Å²) in [7, 11) is 0. The second-order valence-corrected chi connectivity index (χ2v) is 4.38. The van der Waals surface area contributed by atoms with Gasteiger partial charge in [-0.1, -0.05) is 42.5 Å². The number of nitrogens with one attached hydrogen (secondary N) is 1. The van der Waals surface area contributed by atoms with E-state index in [0.29, 0.717) is 0 Å². The van der Waals surface area contributed by atoms with Crippen LogP contribution in [-0.2, 0) is 0 Å². The minimum Gasteiger partial charge on any atom is -0.344 e. The lowest BCUT2D eigenvalue weighted by Gasteiger charge is -2.16. The Morgan fingerprint density at radius 1 is 1.11 bits per heavy atom. The molecule has 0 aromatic heterocycles. The molecule has 0 fully saturated rings. The van der Waals surface area contributed by atoms with Crippen LogP contribution in [0.15, 0.2) is 54.6 Å². The maximum Gasteiger partial charge on any atom is 0.254 e. The van der Waals surface area contributed by atoms with Crippen molar-refractivity contribution < 1.29 is 9.18 Å². The quantitative estimate of drug-likeness (QED) is 0.851. The summed E-state index contributed by atoms with van der Waals surface area (Å²) in [6.07, 6.45) is 0. The molecule has 0 aliphatic carbocycles. The minimum absolute atomic E-state index is 0.0218. The van der Waals surface area contributed by atoms with Crippen LogP contribution in [0.4, 0.5) is 4.39 Å². The Balaban J connectivity index is 2.16. The molecule has 1 N–H and O–H groups in total. The Bertz CT molecular complexity index is 559. The highest BCUT2D eigenvalue weighted by Gasteiger charge is 2.16. The molecule has 98 valence electrons. The second-order valence-electron chi connectivity index (χ2n) is 4.07. The Morgan fingerprint density at radius 2 is 1.74 bits per heavy atom. The molecule has 0 saturated carbocycles. The third-order valence-electron chi connectivity index (χ3n) is 2.78. The standard InChI is InChI=1S/C15H13ClFNO/c16-10-14(11-6-2-1-3-7-11)18-15(19)12-8-4-5-9-13(12)17/h1-9,14H,10H2,(H,18,19). The van der Waals surface area contributed by atoms with Gasteiger partial charge in [0.2, 0.25) is 0 Å². The van der Waals surface area contributed by atoms with Crippen molar-refractivity contribution in [2.45, 2.75) is 6.04 Å². The van der Waals surface area contributed by atoms with Gasteiger partial charge in [0.25, 0.3) is 5.91 Å². The van der Waals surface area contributed by atoms with Crippen molar-refractivity contribution in [3.63, 3.8) is 0 Å². The van der Waals surface area contributed by atoms with Gasteiger partial charge >= 0.3 is 0 Å². The SMILES string of the molecule is O=C(NC(CCl)c1ccccc1)c1ccccc1F. The van der Waals surface area contributed by atoms with Gasteiger partial charge in [0.05, 0.1) is 11.6 Å². The van der Waals surface area contributed by atoms with Gasteiger partial charge in [-0.2, -0.15) is 0 Å². The van der Waals surface area contributed by atoms with Crippen LogP contribution in [0, 0.1) is 5.82 Å². The van der Waals surface area contributed by atoms with Gasteiger partial charge in [0, 0.05) is 5.88 Å². The first-order valence-electron chi connectivity index (χ1n) is 5.88. The molecule has 0 spiro atoms. The smallest absolute Gasteiger partial charge is 0.254 e. The van der Waals surface area contributed by atoms with Crippen molar-refractivity contribution in [1.82, 2.24) is 5.32 Å². The molecule has 0 saturated heterocycles. The zero-order valence-electron chi connectivity index (χ0n) is 10.1. The highest BCUT2D eigenvalue weighted by atomic mass is 35.5. The van der Waals surface area contributed by atoms with Gasteiger partial charge in [0.1, 0.15) is 5.82 Å². The Hall–Kier alpha value is -1.87. The van der Waals surface area contributed by atoms with Gasteiger partial charge in [-0.3, -0.25) is 4.79 Å². The van der Waals surface area contributed by atoms with E-state index in [1.165, 1.54) is 12.1 Å². The predicted molar refractivity (Wildman–Crippen MR) is 73.8 cm³/mol. The molecule has 2 aromatic carbocycles. The van der Waals surface area contributed by atoms with Crippen LogP contribution in [0.1, 0.15) is 22.0 Å². The summed E-state index contributed by atoms with van der Waals surface area (Å²) < 4.78 is 13.5. The van der Waals surface area contributed by atoms with E-state index in [9.17, 15) is 9.18 Å². The molecule has 1 atom stereocenters. The van der Waals surface area contributed by atoms with Gasteiger partial charge in [0.15, 0.2) is 0 Å². The number of carbonyl (C=O) groups is 1. The van der Waals surface area contributed by atoms with E-state index in [1.54, 1.807) is 12.1 Å². The molecular formula is C15H13ClFNO. The average molecular weight is 278 g/mol. The molecule has 2 aromatic rings. The maximum atomic E-state index is 13.5. The summed E-state index contributed by atoms with van der Waals surface area (Å²) in [5, 5.41) is 2.73. The first-order chi connectivity index (χ1) is 9.22. The van der Waals surface area contributed by atoms with E-state index in [2.05, 4.69) is 5.32 Å². The summed E-state index contributed by atoms with van der Waals surface area (Å²) >= 11 is 5.86. The number of hydrogen-bond donors (Lipinski definition) is 1. The normalized spacial score (nSPS) is 11.9. The summed E-state index contributed by atoms with van der Waals surface area (Å²) in [5.74, 6) is -0.779. The molecule has 0 aliphatic heterocycles. The van der Waals surface area contributed by atoms with E-state index < -0.39 is 11.7 Å². The van der Waals surface area contributed by atoms with E-state index in [-0.39, 0.29) is 17.5 Å². The summed E-state index contributed by atoms with van der Waals surface area (Å²) in [5.41, 5.74) is 0.913. The van der Waals surface area contributed by atoms with Gasteiger partial charge in [-0.25, -0.2) is 4.39 Å². The van der Waals surface area contributed by atoms with Crippen LogP contribution in [0.3, 0.4) is 0 Å². The number of hydrogen-bond acceptors (Lipinski definition) is 1. The van der Waals surface area contributed by atoms with Crippen molar-refractivity contribution in [3.05, 3.63) is 71.5 Å². The third-order valence-corrected chi connectivity index (χ3v) is 3.09. The van der Waals surface area contributed by atoms with Crippen LogP contribution in [0.2, 0.25) is 0 Å². The van der Waals surface area contributed by atoms with Crippen molar-refractivity contribution in [1.29, 1.82) is 0 Å². The second kappa shape index (κ2) is 6.34. The number of rotatable bonds is 4. The van der Waals surface area contributed by atoms with E-state index in [1.807, 2.05) is 30.3 Å². The monoisotopic (exact) mass is 277 g/mol. The summed E-state index contributed by atoms with van der Waals surface area (Å²) in [6, 6.07) is 14.9. The first kappa shape index (κ1) is 13.6. The molecule has 4 heteroatoms. The van der Waals surface area contributed by atoms with E-state index in [4.69, 9.17) is 11.6 Å². The zero-order valence-corrected chi connectivity index (χ0v) is 10.9. The van der Waals surface area contributed by atoms with Crippen LogP contribution in [0.25, 0.3) is 0 Å². The lowest BCUT2D eigenvalue weighted by Crippen LogP contribution is -2.30. The fourth-order valence-electron chi connectivity index (χ4n) is 1.78. The molecule has 1 amide bonds. The highest BCUT2D eigenvalue weighted by molar-refractivity contribution is 6.18. The molecule has 2 rings (SSSR count). The van der Waals surface area contributed by atoms with Gasteiger partial charge < -0.3 is 5.32 Å². The van der Waals surface area contributed by atoms with E-state index in [0.717, 1.165) is 5.56 Å². The Labute approximate surface area is 116 Å². The zero-order chi connectivity index (χ0) is 13.7. The lowest BCUT2D eigenvalue weighted by atomic mass is 10.1. The van der Waals surface area contributed by atoms with Crippen LogP contribution < -0.4 is 5.32 Å². The molecule has 2 nitrogen and oxygen atoms in total. The van der Waals surface area contributed by atoms with Gasteiger partial charge in [-0.05, 0) is 17.7 Å². The van der Waals surface area contributed by atoms with Gasteiger partial charge in [-0.15, -0.1) is 11.6 Å². The number of alkyl halides is 1. The number of halogens is 2. The molecule has 1 unspecified atom stereocenters. The first-order valence-corrected chi connectivity index (χ1v) is 6.42. The number of benzene rings is 2. The maximum absolute atomic E-state index is 13.5. The topological polar surface area (TPSA) is 29.1 Å². The Kier molecular flexibility index (Phi) is 4.53. The van der Waals surface area contributed by atoms with Crippen LogP contribution in [0.5, 0.6) is 0 Å². The fraction of sp³-hybridized carbons (Fsp3) is 0.133. The number of carbonyl (C=O) groups excluding carboxylic acids is 1. The molecule has 0 bridgehead atoms. The lowest BCUT2D eigenvalue weighted by molar-refractivity contribution is 0.0936. The fourth-order valence-corrected chi connectivity index (χ4v) is 2.03. The Morgan fingerprint density at radius 3 is 2.37 bits per heavy atom. The summed E-state index contributed by atoms with van der Waals surface area (Å²) in [4.78, 5) is 12.0. The average Bonchev–Trinajstić information content (AvgIpc) is 2.46. The molecule has 0 radical (unpaired) electrons. The number of amides is 1. The third kappa shape index (κ3) is 3.32. The molecule has 19 heavy (non-hydrogen) atoms. The van der Waals surface area contributed by atoms with Crippen molar-refractivity contribution in [2.24, 2.45) is 0 Å². The van der Waals surface area contributed by atoms with Crippen molar-refractivity contribution in [3.8, 4) is 0 Å². The minimum atomic E-state index is -0.540. The predicted octanol–water partition coefficient (Wildman–Crippen LogP) is 3.54. The largest absolute Gasteiger partial charge is 0.344 e. The van der Waals surface area contributed by atoms with Crippen molar-refractivity contribution >= 4 is 17.5 Å². The summed E-state index contributed by atoms with van der Waals surface area (Å²) in [6.45, 7) is 0. The van der Waals surface area contributed by atoms with E-state index >= 15 is 0 Å². The van der Waals surface area contributed by atoms with Crippen LogP contribution >= 0.6 is 11.6 Å². The molecule has 0 aliphatic rings. The highest BCUT2D eigenvalue weighted by Crippen LogP contribution is 2.15. The molecule has 0 heterocycles. The van der Waals surface area contributed by atoms with Crippen LogP contribution in [-0.4, -0.2) is 11.8 Å².